The van der Waals surface area contributed by atoms with Crippen LogP contribution in [0.2, 0.25) is 0 Å². The van der Waals surface area contributed by atoms with Gasteiger partial charge in [-0.2, -0.15) is 4.98 Å². The number of rotatable bonds is 5. The third-order valence-electron chi connectivity index (χ3n) is 5.18. The zero-order chi connectivity index (χ0) is 20.4. The molecule has 0 aliphatic carbocycles. The molecule has 1 aliphatic rings. The van der Waals surface area contributed by atoms with Crippen molar-refractivity contribution in [3.63, 3.8) is 0 Å². The molecule has 4 rings (SSSR count). The first-order valence-corrected chi connectivity index (χ1v) is 11.0. The first-order valence-electron chi connectivity index (χ1n) is 10.2. The summed E-state index contributed by atoms with van der Waals surface area (Å²) in [7, 11) is 0. The van der Waals surface area contributed by atoms with Crippen LogP contribution in [-0.2, 0) is 18.5 Å². The summed E-state index contributed by atoms with van der Waals surface area (Å²) < 4.78 is 5.48. The molecule has 0 atom stereocenters. The standard InChI is InChI=1S/C22H29N5OS/c1-16-5-7-17(8-6-16)20-24-19(28-25-20)14-27-11-9-26(10-12-27)13-18-15-29-21(23-18)22(2,3)4/h5-8,15H,9-14H2,1-4H3. The van der Waals surface area contributed by atoms with Crippen LogP contribution in [0, 0.1) is 6.92 Å². The van der Waals surface area contributed by atoms with Crippen molar-refractivity contribution in [3.05, 3.63) is 51.8 Å². The van der Waals surface area contributed by atoms with Crippen LogP contribution in [0.4, 0.5) is 0 Å². The van der Waals surface area contributed by atoms with E-state index in [1.165, 1.54) is 16.3 Å². The van der Waals surface area contributed by atoms with Crippen molar-refractivity contribution in [1.82, 2.24) is 24.9 Å². The first kappa shape index (κ1) is 20.2. The van der Waals surface area contributed by atoms with Gasteiger partial charge in [-0.3, -0.25) is 9.80 Å². The van der Waals surface area contributed by atoms with E-state index in [0.29, 0.717) is 18.3 Å². The SMILES string of the molecule is Cc1ccc(-c2noc(CN3CCN(Cc4csc(C(C)(C)C)n4)CC3)n2)cc1. The summed E-state index contributed by atoms with van der Waals surface area (Å²) >= 11 is 1.77. The normalized spacial score (nSPS) is 16.4. The van der Waals surface area contributed by atoms with Crippen LogP contribution < -0.4 is 0 Å². The molecule has 0 bridgehead atoms. The molecule has 3 heterocycles. The molecule has 0 N–H and O–H groups in total. The number of nitrogens with zero attached hydrogens (tertiary/aromatic N) is 5. The zero-order valence-corrected chi connectivity index (χ0v) is 18.5. The molecular weight excluding hydrogens is 382 g/mol. The number of benzene rings is 1. The van der Waals surface area contributed by atoms with Crippen molar-refractivity contribution >= 4 is 11.3 Å². The number of aryl methyl sites for hydroxylation is 1. The van der Waals surface area contributed by atoms with Gasteiger partial charge in [0.05, 0.1) is 17.2 Å². The van der Waals surface area contributed by atoms with Crippen molar-refractivity contribution in [2.45, 2.75) is 46.2 Å². The molecule has 7 heteroatoms. The summed E-state index contributed by atoms with van der Waals surface area (Å²) in [5.74, 6) is 1.35. The summed E-state index contributed by atoms with van der Waals surface area (Å²) in [6, 6.07) is 8.20. The molecule has 1 fully saturated rings. The predicted octanol–water partition coefficient (Wildman–Crippen LogP) is 4.12. The molecule has 0 radical (unpaired) electrons. The topological polar surface area (TPSA) is 58.3 Å². The molecule has 0 spiro atoms. The highest BCUT2D eigenvalue weighted by atomic mass is 32.1. The molecule has 0 unspecified atom stereocenters. The second-order valence-electron chi connectivity index (χ2n) is 8.82. The summed E-state index contributed by atoms with van der Waals surface area (Å²) in [6.07, 6.45) is 0. The number of aromatic nitrogens is 3. The Morgan fingerprint density at radius 2 is 1.62 bits per heavy atom. The van der Waals surface area contributed by atoms with E-state index in [1.807, 2.05) is 12.1 Å². The van der Waals surface area contributed by atoms with Gasteiger partial charge in [0.2, 0.25) is 11.7 Å². The van der Waals surface area contributed by atoms with Crippen LogP contribution in [0.3, 0.4) is 0 Å². The Labute approximate surface area is 176 Å². The van der Waals surface area contributed by atoms with E-state index in [9.17, 15) is 0 Å². The average Bonchev–Trinajstić information content (AvgIpc) is 3.34. The minimum Gasteiger partial charge on any atom is -0.338 e. The zero-order valence-electron chi connectivity index (χ0n) is 17.7. The molecule has 3 aromatic rings. The lowest BCUT2D eigenvalue weighted by molar-refractivity contribution is 0.111. The quantitative estimate of drug-likeness (QED) is 0.630. The van der Waals surface area contributed by atoms with Crippen LogP contribution in [0.1, 0.15) is 42.9 Å². The largest absolute Gasteiger partial charge is 0.338 e. The van der Waals surface area contributed by atoms with Gasteiger partial charge < -0.3 is 4.52 Å². The number of hydrogen-bond acceptors (Lipinski definition) is 7. The van der Waals surface area contributed by atoms with Gasteiger partial charge in [0.15, 0.2) is 0 Å². The van der Waals surface area contributed by atoms with Crippen LogP contribution in [-0.4, -0.2) is 51.1 Å². The summed E-state index contributed by atoms with van der Waals surface area (Å²) in [6.45, 7) is 14.4. The van der Waals surface area contributed by atoms with Crippen molar-refractivity contribution in [2.75, 3.05) is 26.2 Å². The predicted molar refractivity (Wildman–Crippen MR) is 116 cm³/mol. The van der Waals surface area contributed by atoms with Crippen LogP contribution in [0.25, 0.3) is 11.4 Å². The second-order valence-corrected chi connectivity index (χ2v) is 9.68. The first-order chi connectivity index (χ1) is 13.9. The van der Waals surface area contributed by atoms with Gasteiger partial charge >= 0.3 is 0 Å². The maximum absolute atomic E-state index is 5.48. The van der Waals surface area contributed by atoms with E-state index in [2.05, 4.69) is 65.1 Å². The molecule has 1 aliphatic heterocycles. The van der Waals surface area contributed by atoms with Gasteiger partial charge in [0, 0.05) is 49.1 Å². The molecule has 29 heavy (non-hydrogen) atoms. The van der Waals surface area contributed by atoms with Crippen LogP contribution >= 0.6 is 11.3 Å². The van der Waals surface area contributed by atoms with Gasteiger partial charge in [0.1, 0.15) is 0 Å². The van der Waals surface area contributed by atoms with Gasteiger partial charge in [0.25, 0.3) is 0 Å². The average molecular weight is 412 g/mol. The van der Waals surface area contributed by atoms with Gasteiger partial charge in [-0.15, -0.1) is 11.3 Å². The van der Waals surface area contributed by atoms with Crippen LogP contribution in [0.15, 0.2) is 34.2 Å². The van der Waals surface area contributed by atoms with Crippen molar-refractivity contribution < 1.29 is 4.52 Å². The minimum atomic E-state index is 0.128. The van der Waals surface area contributed by atoms with E-state index in [4.69, 9.17) is 9.51 Å². The molecule has 0 amide bonds. The fraction of sp³-hybridized carbons (Fsp3) is 0.500. The fourth-order valence-corrected chi connectivity index (χ4v) is 4.29. The lowest BCUT2D eigenvalue weighted by atomic mass is 9.98. The third kappa shape index (κ3) is 5.10. The lowest BCUT2D eigenvalue weighted by Gasteiger charge is -2.33. The van der Waals surface area contributed by atoms with E-state index < -0.39 is 0 Å². The Hall–Kier alpha value is -2.09. The van der Waals surface area contributed by atoms with E-state index in [1.54, 1.807) is 11.3 Å². The second kappa shape index (κ2) is 8.34. The number of piperazine rings is 1. The molecular formula is C22H29N5OS. The minimum absolute atomic E-state index is 0.128. The summed E-state index contributed by atoms with van der Waals surface area (Å²) in [5.41, 5.74) is 3.53. The highest BCUT2D eigenvalue weighted by Gasteiger charge is 2.22. The Morgan fingerprint density at radius 1 is 0.966 bits per heavy atom. The van der Waals surface area contributed by atoms with E-state index >= 15 is 0 Å². The Morgan fingerprint density at radius 3 is 2.24 bits per heavy atom. The fourth-order valence-electron chi connectivity index (χ4n) is 3.39. The van der Waals surface area contributed by atoms with Crippen molar-refractivity contribution in [1.29, 1.82) is 0 Å². The Kier molecular flexibility index (Phi) is 5.81. The molecule has 1 aromatic carbocycles. The van der Waals surface area contributed by atoms with Gasteiger partial charge in [-0.25, -0.2) is 4.98 Å². The maximum Gasteiger partial charge on any atom is 0.241 e. The summed E-state index contributed by atoms with van der Waals surface area (Å²) in [4.78, 5) is 14.3. The van der Waals surface area contributed by atoms with E-state index in [0.717, 1.165) is 38.3 Å². The van der Waals surface area contributed by atoms with Crippen molar-refractivity contribution in [2.24, 2.45) is 0 Å². The Balaban J connectivity index is 1.28. The molecule has 0 saturated carbocycles. The lowest BCUT2D eigenvalue weighted by Crippen LogP contribution is -2.45. The molecule has 6 nitrogen and oxygen atoms in total. The van der Waals surface area contributed by atoms with Crippen LogP contribution in [0.5, 0.6) is 0 Å². The Bertz CT molecular complexity index is 933. The summed E-state index contributed by atoms with van der Waals surface area (Å²) in [5, 5.41) is 7.57. The number of thiazole rings is 1. The highest BCUT2D eigenvalue weighted by Crippen LogP contribution is 2.26. The maximum atomic E-state index is 5.48. The van der Waals surface area contributed by atoms with E-state index in [-0.39, 0.29) is 5.41 Å². The van der Waals surface area contributed by atoms with Gasteiger partial charge in [-0.05, 0) is 6.92 Å². The molecule has 154 valence electrons. The number of hydrogen-bond donors (Lipinski definition) is 0. The van der Waals surface area contributed by atoms with Gasteiger partial charge in [-0.1, -0.05) is 55.8 Å². The third-order valence-corrected chi connectivity index (χ3v) is 6.50. The molecule has 1 saturated heterocycles. The smallest absolute Gasteiger partial charge is 0.241 e. The van der Waals surface area contributed by atoms with Crippen molar-refractivity contribution in [3.8, 4) is 11.4 Å². The highest BCUT2D eigenvalue weighted by molar-refractivity contribution is 7.09. The molecule has 2 aromatic heterocycles. The monoisotopic (exact) mass is 411 g/mol.